The van der Waals surface area contributed by atoms with E-state index in [1.54, 1.807) is 49.4 Å². The smallest absolute Gasteiger partial charge is 0.258 e. The Morgan fingerprint density at radius 3 is 2.47 bits per heavy atom. The Morgan fingerprint density at radius 2 is 1.78 bits per heavy atom. The van der Waals surface area contributed by atoms with Gasteiger partial charge in [-0.1, -0.05) is 29.8 Å². The molecule has 0 aromatic heterocycles. The van der Waals surface area contributed by atoms with E-state index in [1.165, 1.54) is 11.0 Å². The van der Waals surface area contributed by atoms with Crippen LogP contribution in [-0.4, -0.2) is 18.4 Å². The van der Waals surface area contributed by atoms with Gasteiger partial charge in [-0.2, -0.15) is 0 Å². The lowest BCUT2D eigenvalue weighted by atomic mass is 10.0. The molecule has 0 fully saturated rings. The number of halogens is 1. The lowest BCUT2D eigenvalue weighted by molar-refractivity contribution is -0.345. The predicted molar refractivity (Wildman–Crippen MR) is 134 cm³/mol. The lowest BCUT2D eigenvalue weighted by Gasteiger charge is -2.34. The third kappa shape index (κ3) is 5.86. The van der Waals surface area contributed by atoms with Crippen LogP contribution in [0.1, 0.15) is 56.4 Å². The van der Waals surface area contributed by atoms with Crippen LogP contribution in [0.25, 0.3) is 0 Å². The molecule has 0 radical (unpaired) electrons. The fourth-order valence-electron chi connectivity index (χ4n) is 4.37. The molecule has 10 heteroatoms. The molecule has 1 aliphatic rings. The first-order chi connectivity index (χ1) is 17.0. The molecule has 2 amide bonds. The van der Waals surface area contributed by atoms with Gasteiger partial charge in [0.25, 0.3) is 11.8 Å². The number of nitrogens with zero attached hydrogens (tertiary/aromatic N) is 1. The van der Waals surface area contributed by atoms with Gasteiger partial charge in [-0.15, -0.1) is 0 Å². The number of anilines is 2. The maximum Gasteiger partial charge on any atom is 0.258 e. The second-order valence-corrected chi connectivity index (χ2v) is 10.2. The van der Waals surface area contributed by atoms with Crippen LogP contribution < -0.4 is 20.0 Å². The summed E-state index contributed by atoms with van der Waals surface area (Å²) in [6.45, 7) is 3.92. The minimum atomic E-state index is -5.26. The summed E-state index contributed by atoms with van der Waals surface area (Å²) in [6, 6.07) is 17.0. The number of hydrogen-bond acceptors (Lipinski definition) is 6. The Labute approximate surface area is 214 Å². The highest BCUT2D eigenvalue weighted by Gasteiger charge is 2.29. The van der Waals surface area contributed by atoms with Gasteiger partial charge in [0.2, 0.25) is 0 Å². The van der Waals surface area contributed by atoms with Crippen molar-refractivity contribution in [3.8, 4) is 0 Å². The van der Waals surface area contributed by atoms with E-state index in [0.717, 1.165) is 5.56 Å². The minimum absolute atomic E-state index is 0.231. The maximum absolute atomic E-state index is 13.6. The Morgan fingerprint density at radius 1 is 1.03 bits per heavy atom. The van der Waals surface area contributed by atoms with Crippen LogP contribution in [-0.2, 0) is 9.09 Å². The van der Waals surface area contributed by atoms with Crippen molar-refractivity contribution in [2.24, 2.45) is 0 Å². The first-order valence-corrected chi connectivity index (χ1v) is 13.2. The number of carbonyl (C=O) groups excluding carboxylic acids is 2. The van der Waals surface area contributed by atoms with Gasteiger partial charge in [0.1, 0.15) is 0 Å². The Bertz CT molecular complexity index is 1370. The van der Waals surface area contributed by atoms with E-state index in [4.69, 9.17) is 16.1 Å². The number of amides is 2. The quantitative estimate of drug-likeness (QED) is 0.487. The summed E-state index contributed by atoms with van der Waals surface area (Å²) in [5.74, 6) is -0.550. The second kappa shape index (κ2) is 10.5. The molecule has 1 heterocycles. The Kier molecular flexibility index (Phi) is 7.64. The summed E-state index contributed by atoms with van der Waals surface area (Å²) >= 11 is 6.13. The first-order valence-electron chi connectivity index (χ1n) is 11.3. The summed E-state index contributed by atoms with van der Waals surface area (Å²) in [7, 11) is -5.26. The molecule has 0 saturated heterocycles. The normalized spacial score (nSPS) is 15.7. The van der Waals surface area contributed by atoms with E-state index in [0.29, 0.717) is 51.6 Å². The summed E-state index contributed by atoms with van der Waals surface area (Å²) in [6.07, 6.45) is -0.390. The van der Waals surface area contributed by atoms with E-state index >= 15 is 0 Å². The van der Waals surface area contributed by atoms with Gasteiger partial charge in [-0.05, 0) is 80.3 Å². The highest BCUT2D eigenvalue weighted by atomic mass is 35.5. The van der Waals surface area contributed by atoms with Crippen LogP contribution >= 0.6 is 19.4 Å². The topological polar surface area (TPSA) is 122 Å². The van der Waals surface area contributed by atoms with E-state index in [2.05, 4.69) is 5.32 Å². The van der Waals surface area contributed by atoms with Crippen molar-refractivity contribution in [1.29, 1.82) is 0 Å². The maximum atomic E-state index is 13.6. The second-order valence-electron chi connectivity index (χ2n) is 8.64. The van der Waals surface area contributed by atoms with Gasteiger partial charge in [-0.25, -0.2) is 0 Å². The molecule has 1 atom stereocenters. The number of fused-ring (bicyclic) bond motifs is 1. The van der Waals surface area contributed by atoms with Crippen LogP contribution in [0.3, 0.4) is 0 Å². The number of rotatable bonds is 5. The standard InChI is InChI=1S/C26H26ClN2O6P/c1-16-6-3-4-7-20(16)25(30)28-19-10-11-21(17(2)14-19)26(31)29-13-5-8-24(35-36(32,33)34)22-15-18(27)9-12-23(22)29/h3-4,6-7,9-12,14-15,24H,5,8,13H2,1-2H3,(H,28,30)(H2,32,33,34)/p-2. The zero-order valence-corrected chi connectivity index (χ0v) is 21.3. The number of hydrogen-bond donors (Lipinski definition) is 1. The molecule has 0 spiro atoms. The number of benzene rings is 3. The molecule has 1 N–H and O–H groups in total. The van der Waals surface area contributed by atoms with Crippen molar-refractivity contribution in [2.75, 3.05) is 16.8 Å². The van der Waals surface area contributed by atoms with Crippen molar-refractivity contribution in [1.82, 2.24) is 0 Å². The van der Waals surface area contributed by atoms with Crippen LogP contribution in [0.4, 0.5) is 11.4 Å². The van der Waals surface area contributed by atoms with Gasteiger partial charge in [0.15, 0.2) is 0 Å². The molecule has 188 valence electrons. The van der Waals surface area contributed by atoms with Crippen LogP contribution in [0, 0.1) is 13.8 Å². The molecule has 3 aromatic carbocycles. The van der Waals surface area contributed by atoms with Crippen LogP contribution in [0.2, 0.25) is 5.02 Å². The van der Waals surface area contributed by atoms with Crippen LogP contribution in [0.5, 0.6) is 0 Å². The average Bonchev–Trinajstić information content (AvgIpc) is 2.97. The molecular weight excluding hydrogens is 503 g/mol. The van der Waals surface area contributed by atoms with Crippen molar-refractivity contribution in [3.05, 3.63) is 93.5 Å². The SMILES string of the molecule is Cc1ccccc1C(=O)Nc1ccc(C(=O)N2CCCC(OP(=O)([O-])[O-])c3cc(Cl)ccc32)c(C)c1. The molecule has 0 aliphatic carbocycles. The van der Waals surface area contributed by atoms with E-state index in [1.807, 2.05) is 19.1 Å². The molecule has 4 rings (SSSR count). The number of phosphoric ester groups is 1. The fraction of sp³-hybridized carbons (Fsp3) is 0.231. The molecule has 36 heavy (non-hydrogen) atoms. The van der Waals surface area contributed by atoms with Crippen molar-refractivity contribution >= 4 is 42.6 Å². The van der Waals surface area contributed by atoms with Crippen molar-refractivity contribution < 1.29 is 28.5 Å². The number of phosphoric acid groups is 1. The molecule has 0 saturated carbocycles. The summed E-state index contributed by atoms with van der Waals surface area (Å²) < 4.78 is 16.1. The third-order valence-corrected chi connectivity index (χ3v) is 6.83. The van der Waals surface area contributed by atoms with Gasteiger partial charge < -0.3 is 29.1 Å². The highest BCUT2D eigenvalue weighted by molar-refractivity contribution is 7.43. The summed E-state index contributed by atoms with van der Waals surface area (Å²) in [4.78, 5) is 50.4. The average molecular weight is 527 g/mol. The zero-order chi connectivity index (χ0) is 26.0. The molecule has 3 aromatic rings. The molecule has 1 unspecified atom stereocenters. The third-order valence-electron chi connectivity index (χ3n) is 6.08. The predicted octanol–water partition coefficient (Wildman–Crippen LogP) is 4.54. The molecule has 0 bridgehead atoms. The van der Waals surface area contributed by atoms with Crippen molar-refractivity contribution in [3.63, 3.8) is 0 Å². The van der Waals surface area contributed by atoms with E-state index in [9.17, 15) is 23.9 Å². The highest BCUT2D eigenvalue weighted by Crippen LogP contribution is 2.43. The fourth-order valence-corrected chi connectivity index (χ4v) is 5.08. The van der Waals surface area contributed by atoms with Crippen LogP contribution in [0.15, 0.2) is 60.7 Å². The van der Waals surface area contributed by atoms with Gasteiger partial charge >= 0.3 is 0 Å². The first kappa shape index (κ1) is 26.1. The number of aryl methyl sites for hydroxylation is 2. The zero-order valence-electron chi connectivity index (χ0n) is 19.7. The van der Waals surface area contributed by atoms with Gasteiger partial charge in [-0.3, -0.25) is 9.59 Å². The Hall–Kier alpha value is -3.00. The summed E-state index contributed by atoms with van der Waals surface area (Å²) in [5, 5.41) is 3.19. The van der Waals surface area contributed by atoms with Gasteiger partial charge in [0, 0.05) is 39.6 Å². The number of carbonyl (C=O) groups is 2. The Balaban J connectivity index is 1.61. The largest absolute Gasteiger partial charge is 0.790 e. The monoisotopic (exact) mass is 526 g/mol. The number of nitrogens with one attached hydrogen (secondary N) is 1. The van der Waals surface area contributed by atoms with E-state index in [-0.39, 0.29) is 18.2 Å². The molecule has 8 nitrogen and oxygen atoms in total. The molecular formula is C26H24ClN2O6P-2. The van der Waals surface area contributed by atoms with Gasteiger partial charge in [0.05, 0.1) is 13.9 Å². The van der Waals surface area contributed by atoms with E-state index < -0.39 is 13.9 Å². The van der Waals surface area contributed by atoms with Crippen molar-refractivity contribution in [2.45, 2.75) is 32.8 Å². The summed E-state index contributed by atoms with van der Waals surface area (Å²) in [5.41, 5.74) is 3.83. The molecule has 1 aliphatic heterocycles. The lowest BCUT2D eigenvalue weighted by Crippen LogP contribution is -2.32. The minimum Gasteiger partial charge on any atom is -0.790 e.